The Morgan fingerprint density at radius 2 is 1.69 bits per heavy atom. The summed E-state index contributed by atoms with van der Waals surface area (Å²) in [5, 5.41) is 0. The van der Waals surface area contributed by atoms with E-state index in [1.807, 2.05) is 0 Å². The fourth-order valence-electron chi connectivity index (χ4n) is 0.903. The molecule has 2 aromatic heterocycles. The first-order chi connectivity index (χ1) is 7.86. The van der Waals surface area contributed by atoms with Gasteiger partial charge in [0, 0.05) is 31.0 Å². The zero-order valence-electron chi connectivity index (χ0n) is 9.37. The van der Waals surface area contributed by atoms with Crippen molar-refractivity contribution in [3.8, 4) is 5.88 Å². The van der Waals surface area contributed by atoms with E-state index in [1.165, 1.54) is 0 Å². The highest BCUT2D eigenvalue weighted by molar-refractivity contribution is 5.00. The number of hydrogen-bond donors (Lipinski definition) is 0. The minimum absolute atomic E-state index is 0.549. The van der Waals surface area contributed by atoms with E-state index in [0.29, 0.717) is 5.88 Å². The zero-order chi connectivity index (χ0) is 11.6. The smallest absolute Gasteiger partial charge is 0.231 e. The lowest BCUT2D eigenvalue weighted by molar-refractivity contribution is 0.395. The van der Waals surface area contributed by atoms with Crippen molar-refractivity contribution in [1.82, 2.24) is 19.9 Å². The molecule has 0 radical (unpaired) electrons. The van der Waals surface area contributed by atoms with Crippen LogP contribution in [-0.2, 0) is 6.42 Å². The molecular weight excluding hydrogens is 204 g/mol. The van der Waals surface area contributed by atoms with E-state index in [1.54, 1.807) is 44.3 Å². The standard InChI is InChI=1S/C6H8N2.C5H6N2O/c1-2-6-5-7-3-4-8-6;1-8-5-4-6-2-3-7-5/h3-5H,2H2,1H3;2-4H,1H3. The predicted molar refractivity (Wildman–Crippen MR) is 60.0 cm³/mol. The van der Waals surface area contributed by atoms with Crippen LogP contribution in [0, 0.1) is 0 Å². The summed E-state index contributed by atoms with van der Waals surface area (Å²) in [6, 6.07) is 0. The van der Waals surface area contributed by atoms with Crippen LogP contribution in [0.2, 0.25) is 0 Å². The maximum atomic E-state index is 4.74. The van der Waals surface area contributed by atoms with Crippen molar-refractivity contribution in [2.45, 2.75) is 13.3 Å². The zero-order valence-corrected chi connectivity index (χ0v) is 9.37. The second-order valence-corrected chi connectivity index (χ2v) is 2.80. The molecule has 5 nitrogen and oxygen atoms in total. The quantitative estimate of drug-likeness (QED) is 0.764. The molecule has 0 N–H and O–H groups in total. The molecule has 0 amide bonds. The summed E-state index contributed by atoms with van der Waals surface area (Å²) in [5.41, 5.74) is 1.05. The van der Waals surface area contributed by atoms with Gasteiger partial charge in [-0.25, -0.2) is 4.98 Å². The van der Waals surface area contributed by atoms with E-state index < -0.39 is 0 Å². The Kier molecular flexibility index (Phi) is 5.47. The number of methoxy groups -OCH3 is 1. The summed E-state index contributed by atoms with van der Waals surface area (Å²) in [6.07, 6.45) is 10.9. The van der Waals surface area contributed by atoms with Crippen LogP contribution in [0.1, 0.15) is 12.6 Å². The van der Waals surface area contributed by atoms with Crippen molar-refractivity contribution in [3.05, 3.63) is 42.9 Å². The third-order valence-electron chi connectivity index (χ3n) is 1.73. The fraction of sp³-hybridized carbons (Fsp3) is 0.273. The second-order valence-electron chi connectivity index (χ2n) is 2.80. The third-order valence-corrected chi connectivity index (χ3v) is 1.73. The van der Waals surface area contributed by atoms with E-state index >= 15 is 0 Å². The molecule has 0 atom stereocenters. The van der Waals surface area contributed by atoms with Gasteiger partial charge in [-0.15, -0.1) is 0 Å². The highest BCUT2D eigenvalue weighted by atomic mass is 16.5. The monoisotopic (exact) mass is 218 g/mol. The molecule has 0 aliphatic rings. The molecule has 5 heteroatoms. The molecule has 0 saturated carbocycles. The van der Waals surface area contributed by atoms with Crippen LogP contribution in [0.15, 0.2) is 37.2 Å². The van der Waals surface area contributed by atoms with Gasteiger partial charge >= 0.3 is 0 Å². The van der Waals surface area contributed by atoms with Gasteiger partial charge < -0.3 is 4.74 Å². The molecule has 0 aliphatic carbocycles. The van der Waals surface area contributed by atoms with Gasteiger partial charge in [-0.1, -0.05) is 6.92 Å². The van der Waals surface area contributed by atoms with Gasteiger partial charge in [0.1, 0.15) is 0 Å². The average Bonchev–Trinajstić information content (AvgIpc) is 2.41. The largest absolute Gasteiger partial charge is 0.480 e. The molecule has 0 fully saturated rings. The van der Waals surface area contributed by atoms with Crippen molar-refractivity contribution in [3.63, 3.8) is 0 Å². The molecule has 0 aliphatic heterocycles. The van der Waals surface area contributed by atoms with Crippen molar-refractivity contribution < 1.29 is 4.74 Å². The fourth-order valence-corrected chi connectivity index (χ4v) is 0.903. The van der Waals surface area contributed by atoms with Crippen LogP contribution < -0.4 is 4.74 Å². The van der Waals surface area contributed by atoms with Crippen LogP contribution in [-0.4, -0.2) is 27.0 Å². The third kappa shape index (κ3) is 4.45. The molecule has 0 aromatic carbocycles. The molecule has 0 unspecified atom stereocenters. The summed E-state index contributed by atoms with van der Waals surface area (Å²) in [7, 11) is 1.56. The van der Waals surface area contributed by atoms with Crippen LogP contribution in [0.25, 0.3) is 0 Å². The van der Waals surface area contributed by atoms with E-state index in [-0.39, 0.29) is 0 Å². The molecular formula is C11H14N4O. The molecule has 2 heterocycles. The SMILES string of the molecule is CCc1cnccn1.COc1cnccn1. The maximum Gasteiger partial charge on any atom is 0.231 e. The van der Waals surface area contributed by atoms with Crippen LogP contribution >= 0.6 is 0 Å². The van der Waals surface area contributed by atoms with Crippen molar-refractivity contribution >= 4 is 0 Å². The first-order valence-electron chi connectivity index (χ1n) is 4.91. The second kappa shape index (κ2) is 7.28. The van der Waals surface area contributed by atoms with E-state index in [9.17, 15) is 0 Å². The van der Waals surface area contributed by atoms with Crippen LogP contribution in [0.3, 0.4) is 0 Å². The summed E-state index contributed by atoms with van der Waals surface area (Å²) in [4.78, 5) is 15.5. The molecule has 2 aromatic rings. The number of rotatable bonds is 2. The van der Waals surface area contributed by atoms with E-state index in [2.05, 4.69) is 26.9 Å². The Hall–Kier alpha value is -2.04. The first kappa shape index (κ1) is 12.0. The van der Waals surface area contributed by atoms with E-state index in [0.717, 1.165) is 12.1 Å². The Balaban J connectivity index is 0.000000160. The van der Waals surface area contributed by atoms with Crippen molar-refractivity contribution in [1.29, 1.82) is 0 Å². The molecule has 16 heavy (non-hydrogen) atoms. The lowest BCUT2D eigenvalue weighted by Crippen LogP contribution is -1.85. The summed E-state index contributed by atoms with van der Waals surface area (Å²) in [5.74, 6) is 0.549. The Morgan fingerprint density at radius 1 is 1.00 bits per heavy atom. The van der Waals surface area contributed by atoms with Crippen LogP contribution in [0.4, 0.5) is 0 Å². The lowest BCUT2D eigenvalue weighted by Gasteiger charge is -1.91. The topological polar surface area (TPSA) is 60.8 Å². The lowest BCUT2D eigenvalue weighted by atomic mass is 10.4. The minimum atomic E-state index is 0.549. The maximum absolute atomic E-state index is 4.74. The summed E-state index contributed by atoms with van der Waals surface area (Å²) >= 11 is 0. The van der Waals surface area contributed by atoms with Gasteiger partial charge in [-0.2, -0.15) is 0 Å². The molecule has 0 saturated heterocycles. The predicted octanol–water partition coefficient (Wildman–Crippen LogP) is 1.52. The van der Waals surface area contributed by atoms with Gasteiger partial charge in [0.05, 0.1) is 19.0 Å². The van der Waals surface area contributed by atoms with Crippen molar-refractivity contribution in [2.75, 3.05) is 7.11 Å². The van der Waals surface area contributed by atoms with Gasteiger partial charge in [0.2, 0.25) is 5.88 Å². The Labute approximate surface area is 94.6 Å². The summed E-state index contributed by atoms with van der Waals surface area (Å²) in [6.45, 7) is 2.06. The van der Waals surface area contributed by atoms with Gasteiger partial charge in [-0.05, 0) is 6.42 Å². The highest BCUT2D eigenvalue weighted by Crippen LogP contribution is 1.96. The van der Waals surface area contributed by atoms with Gasteiger partial charge in [0.25, 0.3) is 0 Å². The minimum Gasteiger partial charge on any atom is -0.480 e. The normalized spacial score (nSPS) is 8.88. The number of aryl methyl sites for hydroxylation is 1. The van der Waals surface area contributed by atoms with Crippen molar-refractivity contribution in [2.24, 2.45) is 0 Å². The summed E-state index contributed by atoms with van der Waals surface area (Å²) < 4.78 is 4.74. The Morgan fingerprint density at radius 3 is 2.00 bits per heavy atom. The molecule has 84 valence electrons. The number of ether oxygens (including phenoxy) is 1. The number of aromatic nitrogens is 4. The number of nitrogens with zero attached hydrogens (tertiary/aromatic N) is 4. The number of hydrogen-bond acceptors (Lipinski definition) is 5. The molecule has 0 spiro atoms. The van der Waals surface area contributed by atoms with Gasteiger partial charge in [0.15, 0.2) is 0 Å². The Bertz CT molecular complexity index is 340. The molecule has 0 bridgehead atoms. The molecule has 2 rings (SSSR count). The van der Waals surface area contributed by atoms with E-state index in [4.69, 9.17) is 4.74 Å². The first-order valence-corrected chi connectivity index (χ1v) is 4.91. The van der Waals surface area contributed by atoms with Gasteiger partial charge in [-0.3, -0.25) is 15.0 Å². The average molecular weight is 218 g/mol. The highest BCUT2D eigenvalue weighted by Gasteiger charge is 1.83. The van der Waals surface area contributed by atoms with Crippen LogP contribution in [0.5, 0.6) is 5.88 Å².